The number of aliphatic hydroxyl groups is 1. The zero-order valence-electron chi connectivity index (χ0n) is 6.23. The second-order valence-electron chi connectivity index (χ2n) is 2.22. The van der Waals surface area contributed by atoms with E-state index in [1.165, 1.54) is 0 Å². The number of rotatable bonds is 2. The van der Waals surface area contributed by atoms with Gasteiger partial charge < -0.3 is 12.0 Å². The van der Waals surface area contributed by atoms with Crippen LogP contribution >= 0.6 is 0 Å². The molecule has 1 atom stereocenters. The van der Waals surface area contributed by atoms with E-state index in [9.17, 15) is 5.11 Å². The van der Waals surface area contributed by atoms with Crippen molar-refractivity contribution in [3.05, 3.63) is 42.8 Å². The van der Waals surface area contributed by atoms with Gasteiger partial charge in [0.15, 0.2) is 0 Å². The van der Waals surface area contributed by atoms with Crippen LogP contribution in [0, 0.1) is 6.92 Å². The minimum Gasteiger partial charge on any atom is -0.391 e. The second-order valence-corrected chi connectivity index (χ2v) is 2.22. The molecule has 0 fully saturated rings. The van der Waals surface area contributed by atoms with Crippen LogP contribution in [0.15, 0.2) is 30.3 Å². The standard InChI is InChI=1S/C9H11O.W/c1-2-9(10)8-6-4-3-5-7-8;/h3-7,9-10H,1-2H2;/q-1;+2. The Hall–Kier alpha value is -0.132. The Morgan fingerprint density at radius 1 is 1.27 bits per heavy atom. The molecule has 0 saturated carbocycles. The maximum Gasteiger partial charge on any atom is 2.00 e. The minimum atomic E-state index is -0.402. The molecule has 0 saturated heterocycles. The average Bonchev–Trinajstić information content (AvgIpc) is 2.05. The van der Waals surface area contributed by atoms with Crippen LogP contribution in [-0.2, 0) is 21.1 Å². The zero-order chi connectivity index (χ0) is 7.40. The molecule has 1 rings (SSSR count). The molecule has 0 amide bonds. The normalized spacial score (nSPS) is 11.8. The number of hydrogen-bond donors (Lipinski definition) is 1. The SMILES string of the molecule is [CH2-]CC(O)c1ccccc1.[W+2]. The molecule has 58 valence electrons. The summed E-state index contributed by atoms with van der Waals surface area (Å²) < 4.78 is 0. The summed E-state index contributed by atoms with van der Waals surface area (Å²) in [6.07, 6.45) is 0.130. The topological polar surface area (TPSA) is 20.2 Å². The predicted octanol–water partition coefficient (Wildman–Crippen LogP) is 1.94. The average molecular weight is 319 g/mol. The molecule has 0 aliphatic heterocycles. The molecule has 0 bridgehead atoms. The smallest absolute Gasteiger partial charge is 0.391 e. The number of benzene rings is 1. The van der Waals surface area contributed by atoms with E-state index in [0.29, 0.717) is 6.42 Å². The van der Waals surface area contributed by atoms with Crippen molar-refractivity contribution in [2.75, 3.05) is 0 Å². The molecule has 1 aromatic carbocycles. The summed E-state index contributed by atoms with van der Waals surface area (Å²) in [4.78, 5) is 0. The Balaban J connectivity index is 0.000001000. The molecule has 1 nitrogen and oxygen atoms in total. The van der Waals surface area contributed by atoms with Crippen molar-refractivity contribution in [2.24, 2.45) is 0 Å². The molecule has 0 heterocycles. The van der Waals surface area contributed by atoms with Crippen LogP contribution in [0.3, 0.4) is 0 Å². The van der Waals surface area contributed by atoms with Crippen LogP contribution in [0.5, 0.6) is 0 Å². The van der Waals surface area contributed by atoms with E-state index < -0.39 is 6.10 Å². The number of aliphatic hydroxyl groups excluding tert-OH is 1. The minimum absolute atomic E-state index is 0. The van der Waals surface area contributed by atoms with Crippen molar-refractivity contribution in [3.63, 3.8) is 0 Å². The molecule has 0 aliphatic carbocycles. The molecule has 0 spiro atoms. The molecule has 11 heavy (non-hydrogen) atoms. The predicted molar refractivity (Wildman–Crippen MR) is 41.4 cm³/mol. The van der Waals surface area contributed by atoms with Gasteiger partial charge in [-0.2, -0.15) is 6.42 Å². The molecule has 1 N–H and O–H groups in total. The van der Waals surface area contributed by atoms with E-state index in [2.05, 4.69) is 6.92 Å². The quantitative estimate of drug-likeness (QED) is 0.826. The van der Waals surface area contributed by atoms with Crippen LogP contribution in [0.1, 0.15) is 18.1 Å². The third-order valence-corrected chi connectivity index (χ3v) is 1.46. The maximum atomic E-state index is 9.27. The van der Waals surface area contributed by atoms with Gasteiger partial charge in [-0.1, -0.05) is 30.3 Å². The van der Waals surface area contributed by atoms with Gasteiger partial charge in [0.05, 0.1) is 6.10 Å². The summed E-state index contributed by atoms with van der Waals surface area (Å²) in [6, 6.07) is 9.55. The van der Waals surface area contributed by atoms with Gasteiger partial charge in [-0.05, 0) is 5.56 Å². The summed E-state index contributed by atoms with van der Waals surface area (Å²) in [5.74, 6) is 0. The van der Waals surface area contributed by atoms with Gasteiger partial charge in [0.25, 0.3) is 0 Å². The van der Waals surface area contributed by atoms with E-state index >= 15 is 0 Å². The van der Waals surface area contributed by atoms with Gasteiger partial charge in [0.1, 0.15) is 0 Å². The third-order valence-electron chi connectivity index (χ3n) is 1.46. The summed E-state index contributed by atoms with van der Waals surface area (Å²) in [7, 11) is 0. The monoisotopic (exact) mass is 319 g/mol. The number of hydrogen-bond acceptors (Lipinski definition) is 1. The maximum absolute atomic E-state index is 9.27. The van der Waals surface area contributed by atoms with Crippen molar-refractivity contribution in [3.8, 4) is 0 Å². The van der Waals surface area contributed by atoms with Gasteiger partial charge >= 0.3 is 21.1 Å². The first-order valence-corrected chi connectivity index (χ1v) is 3.37. The van der Waals surface area contributed by atoms with Gasteiger partial charge in [-0.25, -0.2) is 0 Å². The van der Waals surface area contributed by atoms with Crippen LogP contribution in [0.2, 0.25) is 0 Å². The Morgan fingerprint density at radius 2 is 1.82 bits per heavy atom. The summed E-state index contributed by atoms with van der Waals surface area (Å²) in [5.41, 5.74) is 0.942. The molecule has 1 unspecified atom stereocenters. The summed E-state index contributed by atoms with van der Waals surface area (Å²) in [5, 5.41) is 9.27. The van der Waals surface area contributed by atoms with Crippen LogP contribution in [-0.4, -0.2) is 5.11 Å². The third kappa shape index (κ3) is 3.18. The first kappa shape index (κ1) is 10.9. The van der Waals surface area contributed by atoms with Crippen molar-refractivity contribution in [1.29, 1.82) is 0 Å². The van der Waals surface area contributed by atoms with Gasteiger partial charge in [-0.3, -0.25) is 0 Å². The van der Waals surface area contributed by atoms with Crippen molar-refractivity contribution in [1.82, 2.24) is 0 Å². The zero-order valence-corrected chi connectivity index (χ0v) is 9.17. The van der Waals surface area contributed by atoms with Crippen molar-refractivity contribution < 1.29 is 26.2 Å². The molecule has 0 aliphatic rings. The van der Waals surface area contributed by atoms with Crippen LogP contribution in [0.4, 0.5) is 0 Å². The van der Waals surface area contributed by atoms with Crippen LogP contribution in [0.25, 0.3) is 0 Å². The van der Waals surface area contributed by atoms with Crippen molar-refractivity contribution >= 4 is 0 Å². The first-order chi connectivity index (χ1) is 4.84. The molecule has 1 aromatic rings. The fourth-order valence-corrected chi connectivity index (χ4v) is 0.842. The summed E-state index contributed by atoms with van der Waals surface area (Å²) in [6.45, 7) is 3.61. The second kappa shape index (κ2) is 5.51. The largest absolute Gasteiger partial charge is 2.00 e. The van der Waals surface area contributed by atoms with Gasteiger partial charge in [0.2, 0.25) is 0 Å². The molecule has 0 aromatic heterocycles. The van der Waals surface area contributed by atoms with Gasteiger partial charge in [-0.15, -0.1) is 0 Å². The van der Waals surface area contributed by atoms with E-state index in [1.54, 1.807) is 0 Å². The molecular formula is C9H11OW+. The molecular weight excluding hydrogens is 308 g/mol. The Labute approximate surface area is 81.7 Å². The van der Waals surface area contributed by atoms with E-state index in [0.717, 1.165) is 5.56 Å². The molecule has 2 heteroatoms. The Kier molecular flexibility index (Phi) is 5.44. The fraction of sp³-hybridized carbons (Fsp3) is 0.222. The fourth-order valence-electron chi connectivity index (χ4n) is 0.842. The van der Waals surface area contributed by atoms with Crippen LogP contribution < -0.4 is 0 Å². The molecule has 0 radical (unpaired) electrons. The van der Waals surface area contributed by atoms with E-state index in [-0.39, 0.29) is 21.1 Å². The van der Waals surface area contributed by atoms with E-state index in [1.807, 2.05) is 30.3 Å². The van der Waals surface area contributed by atoms with Crippen molar-refractivity contribution in [2.45, 2.75) is 12.5 Å². The van der Waals surface area contributed by atoms with E-state index in [4.69, 9.17) is 0 Å². The summed E-state index contributed by atoms with van der Waals surface area (Å²) >= 11 is 0. The van der Waals surface area contributed by atoms with Gasteiger partial charge in [0, 0.05) is 0 Å². The first-order valence-electron chi connectivity index (χ1n) is 3.37. The Morgan fingerprint density at radius 3 is 2.27 bits per heavy atom. The Bertz CT molecular complexity index is 186.